The molecule has 2 aromatic carbocycles. The van der Waals surface area contributed by atoms with Gasteiger partial charge in [-0.05, 0) is 37.6 Å². The summed E-state index contributed by atoms with van der Waals surface area (Å²) in [6.07, 6.45) is 0. The van der Waals surface area contributed by atoms with E-state index in [-0.39, 0.29) is 23.2 Å². The minimum absolute atomic E-state index is 0.0471. The van der Waals surface area contributed by atoms with Gasteiger partial charge in [-0.2, -0.15) is 5.10 Å². The van der Waals surface area contributed by atoms with Crippen LogP contribution >= 0.6 is 0 Å². The SMILES string of the molecule is CC(C)NC(=O)c1n[nH]c2ccc(-c3cc(N4CCOCC4)cc(F)c3F)cc12. The third-order valence-corrected chi connectivity index (χ3v) is 4.90. The summed E-state index contributed by atoms with van der Waals surface area (Å²) in [5.41, 5.74) is 2.09. The van der Waals surface area contributed by atoms with E-state index >= 15 is 0 Å². The number of aromatic amines is 1. The third kappa shape index (κ3) is 3.80. The van der Waals surface area contributed by atoms with E-state index < -0.39 is 11.6 Å². The predicted octanol–water partition coefficient (Wildman–Crippen LogP) is 3.48. The van der Waals surface area contributed by atoms with Gasteiger partial charge in [0.05, 0.1) is 18.7 Å². The van der Waals surface area contributed by atoms with E-state index in [9.17, 15) is 13.6 Å². The highest BCUT2D eigenvalue weighted by atomic mass is 19.2. The van der Waals surface area contributed by atoms with Crippen LogP contribution in [-0.2, 0) is 4.74 Å². The smallest absolute Gasteiger partial charge is 0.272 e. The maximum atomic E-state index is 14.7. The van der Waals surface area contributed by atoms with E-state index in [2.05, 4.69) is 15.5 Å². The summed E-state index contributed by atoms with van der Waals surface area (Å²) in [6.45, 7) is 6.03. The van der Waals surface area contributed by atoms with Crippen molar-refractivity contribution in [3.05, 3.63) is 47.7 Å². The highest BCUT2D eigenvalue weighted by Crippen LogP contribution is 2.32. The van der Waals surface area contributed by atoms with Crippen molar-refractivity contribution in [2.45, 2.75) is 19.9 Å². The number of anilines is 1. The summed E-state index contributed by atoms with van der Waals surface area (Å²) < 4.78 is 34.4. The second-order valence-corrected chi connectivity index (χ2v) is 7.35. The normalized spacial score (nSPS) is 14.6. The monoisotopic (exact) mass is 400 g/mol. The predicted molar refractivity (Wildman–Crippen MR) is 107 cm³/mol. The van der Waals surface area contributed by atoms with Crippen molar-refractivity contribution >= 4 is 22.5 Å². The van der Waals surface area contributed by atoms with Gasteiger partial charge < -0.3 is 15.0 Å². The van der Waals surface area contributed by atoms with Gasteiger partial charge in [-0.25, -0.2) is 8.78 Å². The molecule has 4 rings (SSSR count). The Morgan fingerprint density at radius 1 is 1.21 bits per heavy atom. The van der Waals surface area contributed by atoms with Crippen molar-refractivity contribution in [3.63, 3.8) is 0 Å². The lowest BCUT2D eigenvalue weighted by atomic mass is 10.0. The van der Waals surface area contributed by atoms with Crippen molar-refractivity contribution < 1.29 is 18.3 Å². The lowest BCUT2D eigenvalue weighted by molar-refractivity contribution is 0.0939. The maximum Gasteiger partial charge on any atom is 0.272 e. The molecule has 0 saturated carbocycles. The Balaban J connectivity index is 1.77. The van der Waals surface area contributed by atoms with E-state index in [0.29, 0.717) is 48.5 Å². The van der Waals surface area contributed by atoms with Gasteiger partial charge in [-0.3, -0.25) is 9.89 Å². The number of aromatic nitrogens is 2. The van der Waals surface area contributed by atoms with Gasteiger partial charge in [0.25, 0.3) is 5.91 Å². The molecule has 2 heterocycles. The summed E-state index contributed by atoms with van der Waals surface area (Å²) >= 11 is 0. The molecule has 0 spiro atoms. The molecule has 1 aliphatic rings. The number of morpholine rings is 1. The van der Waals surface area contributed by atoms with E-state index in [1.54, 1.807) is 24.3 Å². The highest BCUT2D eigenvalue weighted by molar-refractivity contribution is 6.05. The zero-order chi connectivity index (χ0) is 20.5. The molecular formula is C21H22F2N4O2. The molecule has 1 fully saturated rings. The largest absolute Gasteiger partial charge is 0.378 e. The number of carbonyl (C=O) groups excluding carboxylic acids is 1. The minimum Gasteiger partial charge on any atom is -0.378 e. The van der Waals surface area contributed by atoms with Gasteiger partial charge in [-0.1, -0.05) is 6.07 Å². The number of rotatable bonds is 4. The van der Waals surface area contributed by atoms with Gasteiger partial charge in [0, 0.05) is 41.8 Å². The first kappa shape index (κ1) is 19.3. The van der Waals surface area contributed by atoms with Crippen LogP contribution < -0.4 is 10.2 Å². The summed E-state index contributed by atoms with van der Waals surface area (Å²) in [7, 11) is 0. The Hall–Kier alpha value is -3.00. The summed E-state index contributed by atoms with van der Waals surface area (Å²) in [4.78, 5) is 14.4. The zero-order valence-electron chi connectivity index (χ0n) is 16.3. The van der Waals surface area contributed by atoms with Crippen molar-refractivity contribution in [2.24, 2.45) is 0 Å². The molecule has 1 saturated heterocycles. The van der Waals surface area contributed by atoms with Crippen molar-refractivity contribution in [1.29, 1.82) is 0 Å². The first-order valence-corrected chi connectivity index (χ1v) is 9.55. The lowest BCUT2D eigenvalue weighted by Crippen LogP contribution is -2.36. The molecule has 1 aliphatic heterocycles. The molecule has 8 heteroatoms. The van der Waals surface area contributed by atoms with E-state index in [1.807, 2.05) is 18.7 Å². The van der Waals surface area contributed by atoms with Crippen LogP contribution in [-0.4, -0.2) is 48.4 Å². The van der Waals surface area contributed by atoms with Gasteiger partial charge >= 0.3 is 0 Å². The Labute approximate surface area is 166 Å². The third-order valence-electron chi connectivity index (χ3n) is 4.90. The first-order chi connectivity index (χ1) is 13.9. The van der Waals surface area contributed by atoms with Crippen LogP contribution in [0.15, 0.2) is 30.3 Å². The van der Waals surface area contributed by atoms with Crippen molar-refractivity contribution in [3.8, 4) is 11.1 Å². The number of carbonyl (C=O) groups is 1. The Morgan fingerprint density at radius 3 is 2.69 bits per heavy atom. The van der Waals surface area contributed by atoms with Crippen molar-refractivity contribution in [2.75, 3.05) is 31.2 Å². The second kappa shape index (κ2) is 7.79. The Bertz CT molecular complexity index is 1060. The molecule has 0 atom stereocenters. The number of nitrogens with zero attached hydrogens (tertiary/aromatic N) is 2. The Kier molecular flexibility index (Phi) is 5.19. The molecule has 152 valence electrons. The summed E-state index contributed by atoms with van der Waals surface area (Å²) in [5, 5.41) is 10.2. The highest BCUT2D eigenvalue weighted by Gasteiger charge is 2.20. The number of amides is 1. The second-order valence-electron chi connectivity index (χ2n) is 7.35. The van der Waals surface area contributed by atoms with Crippen LogP contribution in [0, 0.1) is 11.6 Å². The molecule has 0 unspecified atom stereocenters. The number of benzene rings is 2. The van der Waals surface area contributed by atoms with E-state index in [0.717, 1.165) is 0 Å². The number of hydrogen-bond acceptors (Lipinski definition) is 4. The molecular weight excluding hydrogens is 378 g/mol. The number of H-pyrrole nitrogens is 1. The standard InChI is InChI=1S/C21H22F2N4O2/c1-12(2)24-21(28)20-16-9-13(3-4-18(16)25-26-20)15-10-14(11-17(22)19(15)23)27-5-7-29-8-6-27/h3-4,9-12H,5-8H2,1-2H3,(H,24,28)(H,25,26). The number of halogens is 2. The molecule has 2 N–H and O–H groups in total. The average molecular weight is 400 g/mol. The fraction of sp³-hybridized carbons (Fsp3) is 0.333. The van der Waals surface area contributed by atoms with Crippen LogP contribution in [0.5, 0.6) is 0 Å². The fourth-order valence-electron chi connectivity index (χ4n) is 3.47. The molecule has 29 heavy (non-hydrogen) atoms. The average Bonchev–Trinajstić information content (AvgIpc) is 3.13. The van der Waals surface area contributed by atoms with Crippen LogP contribution in [0.4, 0.5) is 14.5 Å². The van der Waals surface area contributed by atoms with Gasteiger partial charge in [0.2, 0.25) is 0 Å². The van der Waals surface area contributed by atoms with Gasteiger partial charge in [0.15, 0.2) is 17.3 Å². The number of hydrogen-bond donors (Lipinski definition) is 2. The Morgan fingerprint density at radius 2 is 1.97 bits per heavy atom. The fourth-order valence-corrected chi connectivity index (χ4v) is 3.47. The van der Waals surface area contributed by atoms with Gasteiger partial charge in [0.1, 0.15) is 0 Å². The number of nitrogens with one attached hydrogen (secondary N) is 2. The van der Waals surface area contributed by atoms with Crippen LogP contribution in [0.25, 0.3) is 22.0 Å². The van der Waals surface area contributed by atoms with Crippen molar-refractivity contribution in [1.82, 2.24) is 15.5 Å². The summed E-state index contributed by atoms with van der Waals surface area (Å²) in [5.74, 6) is -2.15. The molecule has 0 aliphatic carbocycles. The van der Waals surface area contributed by atoms with Crippen LogP contribution in [0.2, 0.25) is 0 Å². The molecule has 0 bridgehead atoms. The quantitative estimate of drug-likeness (QED) is 0.704. The number of ether oxygens (including phenoxy) is 1. The molecule has 6 nitrogen and oxygen atoms in total. The topological polar surface area (TPSA) is 70.2 Å². The molecule has 1 amide bonds. The van der Waals surface area contributed by atoms with E-state index in [1.165, 1.54) is 6.07 Å². The van der Waals surface area contributed by atoms with Crippen LogP contribution in [0.3, 0.4) is 0 Å². The molecule has 0 radical (unpaired) electrons. The number of fused-ring (bicyclic) bond motifs is 1. The minimum atomic E-state index is -0.918. The lowest BCUT2D eigenvalue weighted by Gasteiger charge is -2.29. The molecule has 1 aromatic heterocycles. The van der Waals surface area contributed by atoms with Crippen LogP contribution in [0.1, 0.15) is 24.3 Å². The zero-order valence-corrected chi connectivity index (χ0v) is 16.3. The maximum absolute atomic E-state index is 14.7. The van der Waals surface area contributed by atoms with E-state index in [4.69, 9.17) is 4.74 Å². The molecule has 3 aromatic rings. The van der Waals surface area contributed by atoms with Gasteiger partial charge in [-0.15, -0.1) is 0 Å². The first-order valence-electron chi connectivity index (χ1n) is 9.55. The summed E-state index contributed by atoms with van der Waals surface area (Å²) in [6, 6.07) is 7.86.